The van der Waals surface area contributed by atoms with E-state index in [0.717, 1.165) is 5.56 Å². The molecular formula is C17H19F2N. The summed E-state index contributed by atoms with van der Waals surface area (Å²) in [5.41, 5.74) is 4.41. The Labute approximate surface area is 118 Å². The van der Waals surface area contributed by atoms with Gasteiger partial charge in [0, 0.05) is 6.04 Å². The van der Waals surface area contributed by atoms with Crippen LogP contribution in [0.25, 0.3) is 0 Å². The fourth-order valence-corrected chi connectivity index (χ4v) is 2.63. The highest BCUT2D eigenvalue weighted by Gasteiger charge is 2.15. The lowest BCUT2D eigenvalue weighted by atomic mass is 9.92. The van der Waals surface area contributed by atoms with Crippen LogP contribution in [0.15, 0.2) is 36.4 Å². The van der Waals surface area contributed by atoms with Gasteiger partial charge in [-0.05, 0) is 61.7 Å². The van der Waals surface area contributed by atoms with E-state index in [1.807, 2.05) is 13.1 Å². The molecule has 1 N–H and O–H groups in total. The molecule has 106 valence electrons. The van der Waals surface area contributed by atoms with Crippen molar-refractivity contribution in [3.8, 4) is 0 Å². The molecule has 0 aromatic heterocycles. The number of hydrogen-bond donors (Lipinski definition) is 1. The van der Waals surface area contributed by atoms with Crippen LogP contribution in [-0.4, -0.2) is 7.05 Å². The number of benzene rings is 2. The minimum absolute atomic E-state index is 0.0843. The molecule has 0 aliphatic heterocycles. The number of halogens is 2. The molecule has 0 bridgehead atoms. The lowest BCUT2D eigenvalue weighted by Gasteiger charge is -2.21. The molecule has 2 aromatic carbocycles. The maximum absolute atomic E-state index is 13.3. The minimum Gasteiger partial charge on any atom is -0.313 e. The van der Waals surface area contributed by atoms with Crippen LogP contribution in [0.3, 0.4) is 0 Å². The first-order valence-electron chi connectivity index (χ1n) is 6.70. The van der Waals surface area contributed by atoms with Gasteiger partial charge in [-0.2, -0.15) is 0 Å². The summed E-state index contributed by atoms with van der Waals surface area (Å²) in [7, 11) is 1.89. The average Bonchev–Trinajstić information content (AvgIpc) is 2.41. The van der Waals surface area contributed by atoms with E-state index >= 15 is 0 Å². The zero-order chi connectivity index (χ0) is 14.7. The molecule has 2 aromatic rings. The zero-order valence-corrected chi connectivity index (χ0v) is 12.0. The predicted octanol–water partition coefficient (Wildman–Crippen LogP) is 4.08. The van der Waals surface area contributed by atoms with Crippen LogP contribution in [0.2, 0.25) is 0 Å². The van der Waals surface area contributed by atoms with Crippen molar-refractivity contribution in [3.05, 3.63) is 70.3 Å². The fourth-order valence-electron chi connectivity index (χ4n) is 2.63. The third kappa shape index (κ3) is 3.05. The molecule has 0 heterocycles. The van der Waals surface area contributed by atoms with Crippen molar-refractivity contribution in [1.82, 2.24) is 5.32 Å². The molecular weight excluding hydrogens is 256 g/mol. The smallest absolute Gasteiger partial charge is 0.159 e. The molecule has 2 rings (SSSR count). The van der Waals surface area contributed by atoms with Crippen LogP contribution in [-0.2, 0) is 6.42 Å². The number of likely N-dealkylation sites (N-methyl/N-ethyl adjacent to an activating group) is 1. The second-order valence-corrected chi connectivity index (χ2v) is 5.10. The molecule has 1 unspecified atom stereocenters. The van der Waals surface area contributed by atoms with E-state index in [1.54, 1.807) is 6.07 Å². The molecule has 0 aliphatic rings. The number of hydrogen-bond acceptors (Lipinski definition) is 1. The Hall–Kier alpha value is -1.74. The summed E-state index contributed by atoms with van der Waals surface area (Å²) in [5.74, 6) is -1.60. The fraction of sp³-hybridized carbons (Fsp3) is 0.294. The summed E-state index contributed by atoms with van der Waals surface area (Å²) in [4.78, 5) is 0. The first-order valence-corrected chi connectivity index (χ1v) is 6.70. The molecule has 0 amide bonds. The molecule has 1 atom stereocenters. The summed E-state index contributed by atoms with van der Waals surface area (Å²) in [5, 5.41) is 3.27. The normalized spacial score (nSPS) is 12.4. The van der Waals surface area contributed by atoms with Crippen molar-refractivity contribution < 1.29 is 8.78 Å². The zero-order valence-electron chi connectivity index (χ0n) is 12.0. The lowest BCUT2D eigenvalue weighted by molar-refractivity contribution is 0.504. The molecule has 0 fully saturated rings. The van der Waals surface area contributed by atoms with Gasteiger partial charge in [0.1, 0.15) is 0 Å². The van der Waals surface area contributed by atoms with Gasteiger partial charge in [0.25, 0.3) is 0 Å². The van der Waals surface area contributed by atoms with Gasteiger partial charge in [0.15, 0.2) is 11.6 Å². The van der Waals surface area contributed by atoms with Crippen LogP contribution in [0.4, 0.5) is 8.78 Å². The van der Waals surface area contributed by atoms with Gasteiger partial charge in [-0.1, -0.05) is 24.3 Å². The van der Waals surface area contributed by atoms with Crippen molar-refractivity contribution in [2.45, 2.75) is 26.3 Å². The maximum Gasteiger partial charge on any atom is 0.159 e. The van der Waals surface area contributed by atoms with Crippen LogP contribution < -0.4 is 5.32 Å². The second kappa shape index (κ2) is 6.14. The van der Waals surface area contributed by atoms with Gasteiger partial charge in [0.05, 0.1) is 0 Å². The number of rotatable bonds is 4. The van der Waals surface area contributed by atoms with Gasteiger partial charge in [-0.3, -0.25) is 0 Å². The van der Waals surface area contributed by atoms with Crippen molar-refractivity contribution in [1.29, 1.82) is 0 Å². The number of nitrogens with one attached hydrogen (secondary N) is 1. The molecule has 0 radical (unpaired) electrons. The largest absolute Gasteiger partial charge is 0.313 e. The molecule has 0 saturated carbocycles. The van der Waals surface area contributed by atoms with Gasteiger partial charge in [0.2, 0.25) is 0 Å². The van der Waals surface area contributed by atoms with E-state index < -0.39 is 11.6 Å². The molecule has 0 saturated heterocycles. The average molecular weight is 275 g/mol. The van der Waals surface area contributed by atoms with E-state index in [4.69, 9.17) is 0 Å². The topological polar surface area (TPSA) is 12.0 Å². The van der Waals surface area contributed by atoms with Gasteiger partial charge in [-0.25, -0.2) is 8.78 Å². The summed E-state index contributed by atoms with van der Waals surface area (Å²) < 4.78 is 26.3. The van der Waals surface area contributed by atoms with E-state index in [1.165, 1.54) is 28.8 Å². The SMILES string of the molecule is CNC(Cc1ccc(F)c(F)c1)c1c(C)cccc1C. The van der Waals surface area contributed by atoms with Gasteiger partial charge in [-0.15, -0.1) is 0 Å². The van der Waals surface area contributed by atoms with E-state index in [-0.39, 0.29) is 6.04 Å². The maximum atomic E-state index is 13.3. The predicted molar refractivity (Wildman–Crippen MR) is 77.8 cm³/mol. The van der Waals surface area contributed by atoms with Crippen LogP contribution in [0.5, 0.6) is 0 Å². The van der Waals surface area contributed by atoms with E-state index in [0.29, 0.717) is 6.42 Å². The second-order valence-electron chi connectivity index (χ2n) is 5.10. The monoisotopic (exact) mass is 275 g/mol. The standard InChI is InChI=1S/C17H19F2N/c1-11-5-4-6-12(2)17(11)16(20-3)10-13-7-8-14(18)15(19)9-13/h4-9,16,20H,10H2,1-3H3. The first kappa shape index (κ1) is 14.7. The van der Waals surface area contributed by atoms with Gasteiger partial charge >= 0.3 is 0 Å². The molecule has 20 heavy (non-hydrogen) atoms. The number of aryl methyl sites for hydroxylation is 2. The van der Waals surface area contributed by atoms with Crippen molar-refractivity contribution >= 4 is 0 Å². The highest BCUT2D eigenvalue weighted by atomic mass is 19.2. The highest BCUT2D eigenvalue weighted by Crippen LogP contribution is 2.25. The molecule has 1 nitrogen and oxygen atoms in total. The van der Waals surface area contributed by atoms with Crippen molar-refractivity contribution in [2.24, 2.45) is 0 Å². The third-order valence-electron chi connectivity index (χ3n) is 3.66. The van der Waals surface area contributed by atoms with E-state index in [2.05, 4.69) is 31.3 Å². The summed E-state index contributed by atoms with van der Waals surface area (Å²) in [6.45, 7) is 4.13. The Bertz CT molecular complexity index is 588. The summed E-state index contributed by atoms with van der Waals surface area (Å²) in [6.07, 6.45) is 0.624. The quantitative estimate of drug-likeness (QED) is 0.886. The summed E-state index contributed by atoms with van der Waals surface area (Å²) >= 11 is 0. The Morgan fingerprint density at radius 1 is 1.00 bits per heavy atom. The lowest BCUT2D eigenvalue weighted by Crippen LogP contribution is -2.21. The third-order valence-corrected chi connectivity index (χ3v) is 3.66. The van der Waals surface area contributed by atoms with E-state index in [9.17, 15) is 8.78 Å². The molecule has 3 heteroatoms. The van der Waals surface area contributed by atoms with Crippen LogP contribution >= 0.6 is 0 Å². The summed E-state index contributed by atoms with van der Waals surface area (Å²) in [6, 6.07) is 10.3. The Kier molecular flexibility index (Phi) is 4.50. The minimum atomic E-state index is -0.804. The van der Waals surface area contributed by atoms with Crippen molar-refractivity contribution in [2.75, 3.05) is 7.05 Å². The molecule has 0 spiro atoms. The van der Waals surface area contributed by atoms with Gasteiger partial charge < -0.3 is 5.32 Å². The Morgan fingerprint density at radius 3 is 2.20 bits per heavy atom. The molecule has 0 aliphatic carbocycles. The highest BCUT2D eigenvalue weighted by molar-refractivity contribution is 5.37. The van der Waals surface area contributed by atoms with Crippen molar-refractivity contribution in [3.63, 3.8) is 0 Å². The Balaban J connectivity index is 2.31. The Morgan fingerprint density at radius 2 is 1.65 bits per heavy atom. The first-order chi connectivity index (χ1) is 9.52. The van der Waals surface area contributed by atoms with Crippen LogP contribution in [0.1, 0.15) is 28.3 Å². The van der Waals surface area contributed by atoms with Crippen LogP contribution in [0, 0.1) is 25.5 Å².